The number of fused-ring (bicyclic) bond motifs is 3. The van der Waals surface area contributed by atoms with Crippen molar-refractivity contribution in [2.24, 2.45) is 4.99 Å². The van der Waals surface area contributed by atoms with Crippen LogP contribution in [-0.2, 0) is 4.79 Å². The van der Waals surface area contributed by atoms with E-state index < -0.39 is 6.04 Å². The van der Waals surface area contributed by atoms with E-state index in [2.05, 4.69) is 31.4 Å². The fourth-order valence-electron chi connectivity index (χ4n) is 4.48. The molecule has 1 aromatic heterocycles. The van der Waals surface area contributed by atoms with Crippen LogP contribution in [0, 0.1) is 6.92 Å². The molecule has 0 radical (unpaired) electrons. The Hall–Kier alpha value is -3.82. The number of nitrogens with zero attached hydrogens (tertiary/aromatic N) is 4. The standard InChI is InChI=1S/C29H25BrClN5O3/c1-3-32-27(38)15-24-29-35-34-17(2)36(29)25-12-11-22(39-16-26(37)19-5-4-6-20(30)13-19)14-23(25)28(33-24)18-7-9-21(31)10-8-18/h4-14,24H,3,15-16H2,1-2H3,(H,32,38)/t24-/m0/s1. The van der Waals surface area contributed by atoms with Gasteiger partial charge in [0.15, 0.2) is 18.2 Å². The molecular weight excluding hydrogens is 582 g/mol. The number of aliphatic imine (C=N–C) groups is 1. The molecule has 0 fully saturated rings. The van der Waals surface area contributed by atoms with E-state index in [0.717, 1.165) is 21.3 Å². The molecule has 1 atom stereocenters. The Kier molecular flexibility index (Phi) is 7.90. The van der Waals surface area contributed by atoms with Gasteiger partial charge in [0.25, 0.3) is 0 Å². The summed E-state index contributed by atoms with van der Waals surface area (Å²) in [5.74, 6) is 1.47. The summed E-state index contributed by atoms with van der Waals surface area (Å²) in [5.41, 5.74) is 3.59. The molecule has 1 aliphatic rings. The molecule has 5 rings (SSSR count). The van der Waals surface area contributed by atoms with Gasteiger partial charge in [-0.2, -0.15) is 0 Å². The fraction of sp³-hybridized carbons (Fsp3) is 0.207. The average Bonchev–Trinajstić information content (AvgIpc) is 3.25. The van der Waals surface area contributed by atoms with Crippen molar-refractivity contribution in [2.45, 2.75) is 26.3 Å². The third-order valence-corrected chi connectivity index (χ3v) is 7.03. The maximum absolute atomic E-state index is 12.8. The van der Waals surface area contributed by atoms with Crippen molar-refractivity contribution in [2.75, 3.05) is 13.2 Å². The zero-order valence-electron chi connectivity index (χ0n) is 21.3. The minimum Gasteiger partial charge on any atom is -0.485 e. The Morgan fingerprint density at radius 3 is 2.62 bits per heavy atom. The normalized spacial score (nSPS) is 14.1. The van der Waals surface area contributed by atoms with Crippen LogP contribution in [0.4, 0.5) is 0 Å². The number of hydrogen-bond acceptors (Lipinski definition) is 6. The lowest BCUT2D eigenvalue weighted by atomic mass is 10.00. The van der Waals surface area contributed by atoms with E-state index in [-0.39, 0.29) is 24.7 Å². The van der Waals surface area contributed by atoms with Crippen LogP contribution in [0.15, 0.2) is 76.2 Å². The van der Waals surface area contributed by atoms with E-state index in [1.54, 1.807) is 30.3 Å². The number of benzene rings is 3. The summed E-state index contributed by atoms with van der Waals surface area (Å²) in [6, 6.07) is 19.5. The molecule has 0 aliphatic carbocycles. The predicted molar refractivity (Wildman–Crippen MR) is 153 cm³/mol. The highest BCUT2D eigenvalue weighted by molar-refractivity contribution is 9.10. The van der Waals surface area contributed by atoms with E-state index in [4.69, 9.17) is 21.3 Å². The molecule has 39 heavy (non-hydrogen) atoms. The number of aromatic nitrogens is 3. The second-order valence-corrected chi connectivity index (χ2v) is 10.4. The Labute approximate surface area is 239 Å². The zero-order chi connectivity index (χ0) is 27.5. The molecule has 1 N–H and O–H groups in total. The predicted octanol–water partition coefficient (Wildman–Crippen LogP) is 5.67. The van der Waals surface area contributed by atoms with Crippen LogP contribution in [0.25, 0.3) is 5.69 Å². The second-order valence-electron chi connectivity index (χ2n) is 9.00. The molecule has 1 aliphatic heterocycles. The van der Waals surface area contributed by atoms with Gasteiger partial charge in [0.1, 0.15) is 17.6 Å². The number of rotatable bonds is 8. The molecule has 198 valence electrons. The lowest BCUT2D eigenvalue weighted by Gasteiger charge is -2.15. The van der Waals surface area contributed by atoms with Gasteiger partial charge < -0.3 is 10.1 Å². The van der Waals surface area contributed by atoms with Crippen molar-refractivity contribution in [1.82, 2.24) is 20.1 Å². The Balaban J connectivity index is 1.57. The lowest BCUT2D eigenvalue weighted by molar-refractivity contribution is -0.121. The fourth-order valence-corrected chi connectivity index (χ4v) is 5.00. The van der Waals surface area contributed by atoms with Gasteiger partial charge in [0.05, 0.1) is 17.8 Å². The highest BCUT2D eigenvalue weighted by atomic mass is 79.9. The number of hydrogen-bond donors (Lipinski definition) is 1. The first-order valence-corrected chi connectivity index (χ1v) is 13.6. The molecule has 0 spiro atoms. The Morgan fingerprint density at radius 2 is 1.87 bits per heavy atom. The summed E-state index contributed by atoms with van der Waals surface area (Å²) in [7, 11) is 0. The molecule has 0 saturated carbocycles. The topological polar surface area (TPSA) is 98.5 Å². The highest BCUT2D eigenvalue weighted by Crippen LogP contribution is 2.34. The molecular formula is C29H25BrClN5O3. The first-order chi connectivity index (χ1) is 18.8. The van der Waals surface area contributed by atoms with Crippen molar-refractivity contribution < 1.29 is 14.3 Å². The summed E-state index contributed by atoms with van der Waals surface area (Å²) >= 11 is 9.58. The van der Waals surface area contributed by atoms with Crippen LogP contribution in [-0.4, -0.2) is 45.3 Å². The van der Waals surface area contributed by atoms with Crippen LogP contribution in [0.1, 0.15) is 52.5 Å². The molecule has 0 saturated heterocycles. The Morgan fingerprint density at radius 1 is 1.08 bits per heavy atom. The summed E-state index contributed by atoms with van der Waals surface area (Å²) in [5, 5.41) is 12.1. The summed E-state index contributed by atoms with van der Waals surface area (Å²) in [4.78, 5) is 30.4. The van der Waals surface area contributed by atoms with Crippen molar-refractivity contribution in [3.8, 4) is 11.4 Å². The first-order valence-electron chi connectivity index (χ1n) is 12.4. The first kappa shape index (κ1) is 26.8. The minimum absolute atomic E-state index is 0.113. The number of Topliss-reactive ketones (excluding diaryl/α,β-unsaturated/α-hetero) is 1. The average molecular weight is 607 g/mol. The van der Waals surface area contributed by atoms with Gasteiger partial charge in [0.2, 0.25) is 5.91 Å². The molecule has 2 heterocycles. The van der Waals surface area contributed by atoms with Crippen LogP contribution in [0.2, 0.25) is 5.02 Å². The quantitative estimate of drug-likeness (QED) is 0.261. The number of ketones is 1. The number of halogens is 2. The van der Waals surface area contributed by atoms with E-state index in [0.29, 0.717) is 40.2 Å². The molecule has 1 amide bonds. The molecule has 0 bridgehead atoms. The van der Waals surface area contributed by atoms with Gasteiger partial charge >= 0.3 is 0 Å². The second kappa shape index (κ2) is 11.5. The summed E-state index contributed by atoms with van der Waals surface area (Å²) in [6.07, 6.45) is 0.113. The molecule has 8 nitrogen and oxygen atoms in total. The van der Waals surface area contributed by atoms with Crippen LogP contribution in [0.5, 0.6) is 5.75 Å². The number of ether oxygens (including phenoxy) is 1. The number of carbonyl (C=O) groups is 2. The van der Waals surface area contributed by atoms with Crippen LogP contribution >= 0.6 is 27.5 Å². The van der Waals surface area contributed by atoms with Crippen molar-refractivity contribution in [3.63, 3.8) is 0 Å². The number of amides is 1. The number of aryl methyl sites for hydroxylation is 1. The van der Waals surface area contributed by atoms with E-state index in [9.17, 15) is 9.59 Å². The SMILES string of the molecule is CCNC(=O)C[C@@H]1N=C(c2ccc(Cl)cc2)c2cc(OCC(=O)c3cccc(Br)c3)ccc2-n2c(C)nnc21. The van der Waals surface area contributed by atoms with Gasteiger partial charge in [-0.05, 0) is 56.3 Å². The van der Waals surface area contributed by atoms with Crippen LogP contribution < -0.4 is 10.1 Å². The van der Waals surface area contributed by atoms with Crippen LogP contribution in [0.3, 0.4) is 0 Å². The molecule has 4 aromatic rings. The summed E-state index contributed by atoms with van der Waals surface area (Å²) in [6.45, 7) is 4.13. The maximum atomic E-state index is 12.8. The molecule has 0 unspecified atom stereocenters. The van der Waals surface area contributed by atoms with Crippen molar-refractivity contribution in [1.29, 1.82) is 0 Å². The molecule has 3 aromatic carbocycles. The monoisotopic (exact) mass is 605 g/mol. The van der Waals surface area contributed by atoms with E-state index in [1.165, 1.54) is 0 Å². The third kappa shape index (κ3) is 5.79. The number of carbonyl (C=O) groups excluding carboxylic acids is 2. The minimum atomic E-state index is -0.571. The highest BCUT2D eigenvalue weighted by Gasteiger charge is 2.30. The smallest absolute Gasteiger partial charge is 0.222 e. The maximum Gasteiger partial charge on any atom is 0.222 e. The number of nitrogens with one attached hydrogen (secondary N) is 1. The van der Waals surface area contributed by atoms with E-state index >= 15 is 0 Å². The van der Waals surface area contributed by atoms with Gasteiger partial charge in [-0.15, -0.1) is 10.2 Å². The van der Waals surface area contributed by atoms with E-state index in [1.807, 2.05) is 54.8 Å². The van der Waals surface area contributed by atoms with Crippen molar-refractivity contribution >= 4 is 44.9 Å². The van der Waals surface area contributed by atoms with Crippen molar-refractivity contribution in [3.05, 3.63) is 105 Å². The van der Waals surface area contributed by atoms with Gasteiger partial charge in [-0.3, -0.25) is 19.1 Å². The molecule has 10 heteroatoms. The van der Waals surface area contributed by atoms with Gasteiger partial charge in [0, 0.05) is 32.7 Å². The lowest BCUT2D eigenvalue weighted by Crippen LogP contribution is -2.25. The zero-order valence-corrected chi connectivity index (χ0v) is 23.7. The third-order valence-electron chi connectivity index (χ3n) is 6.28. The summed E-state index contributed by atoms with van der Waals surface area (Å²) < 4.78 is 8.69. The Bertz CT molecular complexity index is 1580. The van der Waals surface area contributed by atoms with Gasteiger partial charge in [-0.25, -0.2) is 0 Å². The van der Waals surface area contributed by atoms with Gasteiger partial charge in [-0.1, -0.05) is 51.8 Å². The largest absolute Gasteiger partial charge is 0.485 e.